The molecule has 0 bridgehead atoms. The SMILES string of the molecule is CCCC[C@](C)(CO[Si](C)(C)C(C)(C)C)Nc1nc(N)nc2cnc(Cc3ccc(CN4CCCC4)cc3)cc12. The molecule has 8 heteroatoms. The molecular weight excluding hydrogens is 512 g/mol. The Bertz CT molecular complexity index is 1270. The summed E-state index contributed by atoms with van der Waals surface area (Å²) < 4.78 is 6.71. The largest absolute Gasteiger partial charge is 0.414 e. The summed E-state index contributed by atoms with van der Waals surface area (Å²) in [7, 11) is -1.91. The third kappa shape index (κ3) is 7.80. The van der Waals surface area contributed by atoms with Crippen LogP contribution >= 0.6 is 0 Å². The maximum absolute atomic E-state index is 6.71. The van der Waals surface area contributed by atoms with E-state index in [1.165, 1.54) is 37.1 Å². The lowest BCUT2D eigenvalue weighted by molar-refractivity contribution is 0.214. The normalized spacial score (nSPS) is 16.4. The summed E-state index contributed by atoms with van der Waals surface area (Å²) in [6.07, 6.45) is 8.42. The van der Waals surface area contributed by atoms with Crippen molar-refractivity contribution in [3.8, 4) is 0 Å². The molecule has 1 atom stereocenters. The molecule has 1 fully saturated rings. The zero-order valence-electron chi connectivity index (χ0n) is 25.8. The number of pyridine rings is 1. The van der Waals surface area contributed by atoms with Gasteiger partial charge in [-0.3, -0.25) is 9.88 Å². The Morgan fingerprint density at radius 2 is 1.70 bits per heavy atom. The number of aromatic nitrogens is 3. The number of benzene rings is 1. The molecule has 1 aliphatic heterocycles. The average Bonchev–Trinajstić information content (AvgIpc) is 3.40. The van der Waals surface area contributed by atoms with Crippen LogP contribution < -0.4 is 11.1 Å². The van der Waals surface area contributed by atoms with Crippen LogP contribution in [0.25, 0.3) is 10.9 Å². The van der Waals surface area contributed by atoms with Crippen molar-refractivity contribution in [1.82, 2.24) is 19.9 Å². The fraction of sp³-hybridized carbons (Fsp3) is 0.594. The molecule has 0 amide bonds. The minimum Gasteiger partial charge on any atom is -0.414 e. The Morgan fingerprint density at radius 3 is 2.35 bits per heavy atom. The van der Waals surface area contributed by atoms with Crippen LogP contribution in [-0.2, 0) is 17.4 Å². The van der Waals surface area contributed by atoms with Crippen molar-refractivity contribution in [2.75, 3.05) is 30.7 Å². The standard InChI is InChI=1S/C32H50N6OSi/c1-8-9-16-32(5,23-39-40(6,7)31(2,3)4)37-29-27-20-26(34-21-28(27)35-30(33)36-29)19-24-12-14-25(15-13-24)22-38-17-10-11-18-38/h12-15,20-21H,8-11,16-19,22-23H2,1-7H3,(H3,33,35,36,37)/t32-/m1/s1. The van der Waals surface area contributed by atoms with E-state index in [4.69, 9.17) is 15.1 Å². The van der Waals surface area contributed by atoms with Gasteiger partial charge in [-0.2, -0.15) is 4.98 Å². The molecule has 3 aromatic rings. The van der Waals surface area contributed by atoms with Crippen molar-refractivity contribution in [3.63, 3.8) is 0 Å². The Kier molecular flexibility index (Phi) is 9.53. The Labute approximate surface area is 242 Å². The zero-order chi connectivity index (χ0) is 29.0. The Balaban J connectivity index is 1.55. The minimum atomic E-state index is -1.91. The molecule has 0 aliphatic carbocycles. The average molecular weight is 563 g/mol. The van der Waals surface area contributed by atoms with Gasteiger partial charge in [0.2, 0.25) is 5.95 Å². The highest BCUT2D eigenvalue weighted by Gasteiger charge is 2.39. The third-order valence-corrected chi connectivity index (χ3v) is 13.2. The van der Waals surface area contributed by atoms with Gasteiger partial charge in [0.25, 0.3) is 0 Å². The van der Waals surface area contributed by atoms with Crippen LogP contribution in [0.5, 0.6) is 0 Å². The molecule has 0 saturated carbocycles. The second-order valence-corrected chi connectivity index (χ2v) is 18.2. The summed E-state index contributed by atoms with van der Waals surface area (Å²) >= 11 is 0. The second-order valence-electron chi connectivity index (χ2n) is 13.4. The van der Waals surface area contributed by atoms with Crippen LogP contribution in [0.4, 0.5) is 11.8 Å². The number of anilines is 2. The molecule has 0 unspecified atom stereocenters. The summed E-state index contributed by atoms with van der Waals surface area (Å²) in [5.74, 6) is 1.01. The van der Waals surface area contributed by atoms with E-state index in [1.807, 2.05) is 6.20 Å². The van der Waals surface area contributed by atoms with Crippen LogP contribution in [0.3, 0.4) is 0 Å². The molecule has 3 heterocycles. The van der Waals surface area contributed by atoms with Crippen molar-refractivity contribution < 1.29 is 4.43 Å². The summed E-state index contributed by atoms with van der Waals surface area (Å²) in [5, 5.41) is 4.86. The smallest absolute Gasteiger partial charge is 0.222 e. The van der Waals surface area contributed by atoms with Gasteiger partial charge in [-0.25, -0.2) is 4.98 Å². The second kappa shape index (κ2) is 12.5. The quantitative estimate of drug-likeness (QED) is 0.226. The molecule has 2 aromatic heterocycles. The third-order valence-electron chi connectivity index (χ3n) is 8.73. The maximum atomic E-state index is 6.71. The number of likely N-dealkylation sites (tertiary alicyclic amines) is 1. The number of nitrogens with two attached hydrogens (primary N) is 1. The number of nitrogens with one attached hydrogen (secondary N) is 1. The molecule has 0 spiro atoms. The summed E-state index contributed by atoms with van der Waals surface area (Å²) in [6.45, 7) is 20.0. The van der Waals surface area contributed by atoms with Gasteiger partial charge in [0.15, 0.2) is 8.32 Å². The lowest BCUT2D eigenvalue weighted by Crippen LogP contribution is -2.48. The highest BCUT2D eigenvalue weighted by Crippen LogP contribution is 2.38. The lowest BCUT2D eigenvalue weighted by Gasteiger charge is -2.40. The molecule has 3 N–H and O–H groups in total. The number of nitrogen functional groups attached to an aromatic ring is 1. The van der Waals surface area contributed by atoms with Crippen molar-refractivity contribution in [2.45, 2.75) is 103 Å². The van der Waals surface area contributed by atoms with E-state index in [0.717, 1.165) is 54.6 Å². The molecule has 1 saturated heterocycles. The van der Waals surface area contributed by atoms with Crippen molar-refractivity contribution in [1.29, 1.82) is 0 Å². The van der Waals surface area contributed by atoms with E-state index in [0.29, 0.717) is 6.61 Å². The number of hydrogen-bond donors (Lipinski definition) is 2. The Morgan fingerprint density at radius 1 is 1.02 bits per heavy atom. The molecule has 0 radical (unpaired) electrons. The number of rotatable bonds is 12. The van der Waals surface area contributed by atoms with Crippen molar-refractivity contribution >= 4 is 31.0 Å². The molecule has 7 nitrogen and oxygen atoms in total. The summed E-state index contributed by atoms with van der Waals surface area (Å²) in [5.41, 5.74) is 10.2. The van der Waals surface area contributed by atoms with Gasteiger partial charge in [-0.05, 0) is 74.6 Å². The van der Waals surface area contributed by atoms with Crippen LogP contribution in [0.15, 0.2) is 36.5 Å². The van der Waals surface area contributed by atoms with Gasteiger partial charge in [0.05, 0.1) is 23.9 Å². The predicted octanol–water partition coefficient (Wildman–Crippen LogP) is 7.18. The number of hydrogen-bond acceptors (Lipinski definition) is 7. The van der Waals surface area contributed by atoms with Crippen molar-refractivity contribution in [2.24, 2.45) is 0 Å². The monoisotopic (exact) mass is 562 g/mol. The van der Waals surface area contributed by atoms with Gasteiger partial charge >= 0.3 is 0 Å². The van der Waals surface area contributed by atoms with Gasteiger partial charge in [-0.15, -0.1) is 0 Å². The van der Waals surface area contributed by atoms with Gasteiger partial charge in [0.1, 0.15) is 5.82 Å². The molecule has 4 rings (SSSR count). The topological polar surface area (TPSA) is 89.2 Å². The number of nitrogens with zero attached hydrogens (tertiary/aromatic N) is 4. The van der Waals surface area contributed by atoms with E-state index in [-0.39, 0.29) is 16.5 Å². The molecule has 218 valence electrons. The highest BCUT2D eigenvalue weighted by atomic mass is 28.4. The first kappa shape index (κ1) is 30.4. The number of fused-ring (bicyclic) bond motifs is 1. The van der Waals surface area contributed by atoms with E-state index >= 15 is 0 Å². The fourth-order valence-corrected chi connectivity index (χ4v) is 6.15. The maximum Gasteiger partial charge on any atom is 0.222 e. The Hall–Kier alpha value is -2.55. The van der Waals surface area contributed by atoms with Gasteiger partial charge in [0, 0.05) is 24.0 Å². The van der Waals surface area contributed by atoms with E-state index in [2.05, 4.69) is 98.2 Å². The summed E-state index contributed by atoms with van der Waals surface area (Å²) in [6, 6.07) is 11.1. The molecule has 40 heavy (non-hydrogen) atoms. The number of unbranched alkanes of at least 4 members (excludes halogenated alkanes) is 1. The minimum absolute atomic E-state index is 0.150. The predicted molar refractivity (Wildman–Crippen MR) is 170 cm³/mol. The van der Waals surface area contributed by atoms with Crippen molar-refractivity contribution in [3.05, 3.63) is 53.3 Å². The summed E-state index contributed by atoms with van der Waals surface area (Å²) in [4.78, 5) is 16.4. The van der Waals surface area contributed by atoms with E-state index < -0.39 is 8.32 Å². The first-order valence-electron chi connectivity index (χ1n) is 15.0. The van der Waals surface area contributed by atoms with E-state index in [9.17, 15) is 0 Å². The molecule has 1 aliphatic rings. The lowest BCUT2D eigenvalue weighted by atomic mass is 9.95. The molecular formula is C32H50N6OSi. The fourth-order valence-electron chi connectivity index (χ4n) is 5.04. The molecule has 1 aromatic carbocycles. The van der Waals surface area contributed by atoms with Gasteiger partial charge < -0.3 is 15.5 Å². The van der Waals surface area contributed by atoms with Crippen LogP contribution in [0.2, 0.25) is 18.1 Å². The highest BCUT2D eigenvalue weighted by molar-refractivity contribution is 6.74. The van der Waals surface area contributed by atoms with E-state index in [1.54, 1.807) is 0 Å². The van der Waals surface area contributed by atoms with Crippen LogP contribution in [0, 0.1) is 0 Å². The van der Waals surface area contributed by atoms with Gasteiger partial charge in [-0.1, -0.05) is 64.8 Å². The zero-order valence-corrected chi connectivity index (χ0v) is 26.8. The van der Waals surface area contributed by atoms with Crippen LogP contribution in [0.1, 0.15) is 83.5 Å². The first-order chi connectivity index (χ1) is 18.9. The first-order valence-corrected chi connectivity index (χ1v) is 17.9. The van der Waals surface area contributed by atoms with Crippen LogP contribution in [-0.4, -0.2) is 53.4 Å².